The second-order valence-electron chi connectivity index (χ2n) is 6.36. The topological polar surface area (TPSA) is 47.4 Å². The number of hydrogen-bond donors (Lipinski definition) is 0. The predicted octanol–water partition coefficient (Wildman–Crippen LogP) is 2.22. The van der Waals surface area contributed by atoms with Crippen LogP contribution in [0, 0.1) is 0 Å². The summed E-state index contributed by atoms with van der Waals surface area (Å²) in [6.45, 7) is 2.40. The van der Waals surface area contributed by atoms with Crippen molar-refractivity contribution >= 4 is 5.91 Å². The van der Waals surface area contributed by atoms with Gasteiger partial charge in [-0.1, -0.05) is 12.1 Å². The maximum atomic E-state index is 12.7. The van der Waals surface area contributed by atoms with Crippen molar-refractivity contribution in [3.8, 4) is 5.75 Å². The standard InChI is InChI=1S/C18H21N3O2/c22-18(11-14-3-4-17-15(10-14)5-9-23-17)20-7-1-2-16(12-20)21-8-6-19-13-21/h3-4,6,8,10,13,16H,1-2,5,7,9,11-12H2/t16-/m1/s1. The third-order valence-corrected chi connectivity index (χ3v) is 4.80. The molecule has 3 heterocycles. The number of rotatable bonds is 3. The van der Waals surface area contributed by atoms with E-state index in [1.165, 1.54) is 5.56 Å². The van der Waals surface area contributed by atoms with Crippen LogP contribution in [0.2, 0.25) is 0 Å². The average Bonchev–Trinajstić information content (AvgIpc) is 3.26. The van der Waals surface area contributed by atoms with Crippen LogP contribution in [-0.2, 0) is 17.6 Å². The first-order chi connectivity index (χ1) is 11.3. The van der Waals surface area contributed by atoms with E-state index in [-0.39, 0.29) is 5.91 Å². The van der Waals surface area contributed by atoms with Gasteiger partial charge in [0.05, 0.1) is 25.4 Å². The van der Waals surface area contributed by atoms with Gasteiger partial charge < -0.3 is 14.2 Å². The molecule has 1 fully saturated rings. The van der Waals surface area contributed by atoms with Crippen LogP contribution in [0.3, 0.4) is 0 Å². The average molecular weight is 311 g/mol. The molecule has 120 valence electrons. The van der Waals surface area contributed by atoms with Crippen molar-refractivity contribution in [3.63, 3.8) is 0 Å². The summed E-state index contributed by atoms with van der Waals surface area (Å²) in [5, 5.41) is 0. The summed E-state index contributed by atoms with van der Waals surface area (Å²) in [5.74, 6) is 1.19. The maximum Gasteiger partial charge on any atom is 0.227 e. The minimum atomic E-state index is 0.216. The molecule has 2 aliphatic rings. The molecule has 0 saturated carbocycles. The number of fused-ring (bicyclic) bond motifs is 1. The highest BCUT2D eigenvalue weighted by Gasteiger charge is 2.24. The van der Waals surface area contributed by atoms with Crippen molar-refractivity contribution in [2.24, 2.45) is 0 Å². The quantitative estimate of drug-likeness (QED) is 0.873. The molecular formula is C18H21N3O2. The van der Waals surface area contributed by atoms with Gasteiger partial charge in [0.25, 0.3) is 0 Å². The lowest BCUT2D eigenvalue weighted by Gasteiger charge is -2.33. The Morgan fingerprint density at radius 1 is 1.39 bits per heavy atom. The molecule has 0 aliphatic carbocycles. The molecule has 5 heteroatoms. The Morgan fingerprint density at radius 3 is 3.22 bits per heavy atom. The number of benzene rings is 1. The normalized spacial score (nSPS) is 20.2. The van der Waals surface area contributed by atoms with E-state index < -0.39 is 0 Å². The molecule has 0 spiro atoms. The zero-order valence-corrected chi connectivity index (χ0v) is 13.1. The van der Waals surface area contributed by atoms with Gasteiger partial charge in [-0.25, -0.2) is 4.98 Å². The zero-order chi connectivity index (χ0) is 15.6. The first-order valence-electron chi connectivity index (χ1n) is 8.29. The Balaban J connectivity index is 1.42. The minimum absolute atomic E-state index is 0.216. The van der Waals surface area contributed by atoms with Crippen LogP contribution in [0.1, 0.15) is 30.0 Å². The lowest BCUT2D eigenvalue weighted by Crippen LogP contribution is -2.41. The molecule has 2 aliphatic heterocycles. The molecule has 0 N–H and O–H groups in total. The molecule has 4 rings (SSSR count). The second-order valence-corrected chi connectivity index (χ2v) is 6.36. The fourth-order valence-electron chi connectivity index (χ4n) is 3.55. The highest BCUT2D eigenvalue weighted by atomic mass is 16.5. The number of carbonyl (C=O) groups is 1. The van der Waals surface area contributed by atoms with E-state index >= 15 is 0 Å². The number of aromatic nitrogens is 2. The highest BCUT2D eigenvalue weighted by molar-refractivity contribution is 5.79. The van der Waals surface area contributed by atoms with Gasteiger partial charge in [0, 0.05) is 31.9 Å². The molecule has 2 aromatic rings. The summed E-state index contributed by atoms with van der Waals surface area (Å²) in [5.41, 5.74) is 2.31. The molecule has 1 amide bonds. The number of ether oxygens (including phenoxy) is 1. The number of hydrogen-bond acceptors (Lipinski definition) is 3. The van der Waals surface area contributed by atoms with E-state index in [1.54, 1.807) is 6.20 Å². The summed E-state index contributed by atoms with van der Waals surface area (Å²) in [4.78, 5) is 18.8. The zero-order valence-electron chi connectivity index (χ0n) is 13.1. The Labute approximate surface area is 135 Å². The van der Waals surface area contributed by atoms with Gasteiger partial charge in [-0.05, 0) is 30.0 Å². The summed E-state index contributed by atoms with van der Waals surface area (Å²) < 4.78 is 7.64. The molecule has 0 unspecified atom stereocenters. The van der Waals surface area contributed by atoms with Crippen molar-refractivity contribution in [1.82, 2.24) is 14.5 Å². The third kappa shape index (κ3) is 2.96. The molecule has 1 aromatic carbocycles. The Kier molecular flexibility index (Phi) is 3.77. The number of nitrogens with zero attached hydrogens (tertiary/aromatic N) is 3. The summed E-state index contributed by atoms with van der Waals surface area (Å²) in [6, 6.07) is 6.48. The Bertz CT molecular complexity index is 696. The van der Waals surface area contributed by atoms with E-state index in [0.717, 1.165) is 50.3 Å². The Morgan fingerprint density at radius 2 is 2.35 bits per heavy atom. The molecule has 0 bridgehead atoms. The largest absolute Gasteiger partial charge is 0.493 e. The van der Waals surface area contributed by atoms with Crippen LogP contribution in [-0.4, -0.2) is 40.1 Å². The number of piperidine rings is 1. The van der Waals surface area contributed by atoms with Crippen LogP contribution >= 0.6 is 0 Å². The SMILES string of the molecule is O=C(Cc1ccc2c(c1)CCO2)N1CCC[C@@H](n2ccnc2)C1. The van der Waals surface area contributed by atoms with Crippen LogP contribution in [0.4, 0.5) is 0 Å². The van der Waals surface area contributed by atoms with Gasteiger partial charge in [0.15, 0.2) is 0 Å². The number of amides is 1. The van der Waals surface area contributed by atoms with Crippen molar-refractivity contribution in [3.05, 3.63) is 48.0 Å². The van der Waals surface area contributed by atoms with E-state index in [4.69, 9.17) is 4.74 Å². The molecule has 0 radical (unpaired) electrons. The van der Waals surface area contributed by atoms with Crippen LogP contribution in [0.5, 0.6) is 5.75 Å². The summed E-state index contributed by atoms with van der Waals surface area (Å²) in [7, 11) is 0. The molecule has 1 saturated heterocycles. The monoisotopic (exact) mass is 311 g/mol. The summed E-state index contributed by atoms with van der Waals surface area (Å²) >= 11 is 0. The van der Waals surface area contributed by atoms with Crippen LogP contribution < -0.4 is 4.74 Å². The lowest BCUT2D eigenvalue weighted by molar-refractivity contribution is -0.132. The predicted molar refractivity (Wildman–Crippen MR) is 86.4 cm³/mol. The molecule has 5 nitrogen and oxygen atoms in total. The molecule has 1 atom stereocenters. The lowest BCUT2D eigenvalue weighted by atomic mass is 10.0. The smallest absolute Gasteiger partial charge is 0.227 e. The van der Waals surface area contributed by atoms with Gasteiger partial charge in [-0.3, -0.25) is 4.79 Å². The molecule has 23 heavy (non-hydrogen) atoms. The van der Waals surface area contributed by atoms with Crippen LogP contribution in [0.15, 0.2) is 36.9 Å². The van der Waals surface area contributed by atoms with Crippen molar-refractivity contribution in [2.75, 3.05) is 19.7 Å². The summed E-state index contributed by atoms with van der Waals surface area (Å²) in [6.07, 6.45) is 9.21. The fourth-order valence-corrected chi connectivity index (χ4v) is 3.55. The van der Waals surface area contributed by atoms with Crippen molar-refractivity contribution in [1.29, 1.82) is 0 Å². The fraction of sp³-hybridized carbons (Fsp3) is 0.444. The minimum Gasteiger partial charge on any atom is -0.493 e. The molecule has 1 aromatic heterocycles. The highest BCUT2D eigenvalue weighted by Crippen LogP contribution is 2.27. The van der Waals surface area contributed by atoms with Gasteiger partial charge in [-0.15, -0.1) is 0 Å². The first kappa shape index (κ1) is 14.3. The first-order valence-corrected chi connectivity index (χ1v) is 8.29. The van der Waals surface area contributed by atoms with E-state index in [2.05, 4.69) is 15.6 Å². The van der Waals surface area contributed by atoms with Gasteiger partial charge in [-0.2, -0.15) is 0 Å². The maximum absolute atomic E-state index is 12.7. The number of likely N-dealkylation sites (tertiary alicyclic amines) is 1. The van der Waals surface area contributed by atoms with Gasteiger partial charge in [0.2, 0.25) is 5.91 Å². The van der Waals surface area contributed by atoms with Crippen LogP contribution in [0.25, 0.3) is 0 Å². The second kappa shape index (κ2) is 6.07. The third-order valence-electron chi connectivity index (χ3n) is 4.80. The van der Waals surface area contributed by atoms with Crippen molar-refractivity contribution in [2.45, 2.75) is 31.7 Å². The van der Waals surface area contributed by atoms with Gasteiger partial charge >= 0.3 is 0 Å². The van der Waals surface area contributed by atoms with Crippen molar-refractivity contribution < 1.29 is 9.53 Å². The van der Waals surface area contributed by atoms with E-state index in [9.17, 15) is 4.79 Å². The van der Waals surface area contributed by atoms with Gasteiger partial charge in [0.1, 0.15) is 5.75 Å². The number of imidazole rings is 1. The van der Waals surface area contributed by atoms with E-state index in [0.29, 0.717) is 12.5 Å². The number of carbonyl (C=O) groups excluding carboxylic acids is 1. The van der Waals surface area contributed by atoms with E-state index in [1.807, 2.05) is 29.6 Å². The Hall–Kier alpha value is -2.30. The molecular weight excluding hydrogens is 290 g/mol.